The molecule has 0 heterocycles. The molecule has 0 spiro atoms. The molecule has 5 nitrogen and oxygen atoms in total. The van der Waals surface area contributed by atoms with E-state index in [2.05, 4.69) is 21.2 Å². The van der Waals surface area contributed by atoms with Crippen molar-refractivity contribution in [3.8, 4) is 5.75 Å². The molecular weight excluding hydrogens is 324 g/mol. The van der Waals surface area contributed by atoms with Gasteiger partial charge in [0.1, 0.15) is 5.75 Å². The predicted octanol–water partition coefficient (Wildman–Crippen LogP) is 3.98. The lowest BCUT2D eigenvalue weighted by Gasteiger charge is -2.11. The van der Waals surface area contributed by atoms with Gasteiger partial charge in [-0.3, -0.25) is 10.1 Å². The fraction of sp³-hybridized carbons (Fsp3) is 0.143. The van der Waals surface area contributed by atoms with Crippen molar-refractivity contribution in [1.82, 2.24) is 0 Å². The Bertz CT molecular complexity index is 632. The largest absolute Gasteiger partial charge is 0.495 e. The SMILES string of the molecule is COc1ccc(Br)cc1NCc1ccccc1[N+](=O)[O-]. The van der Waals surface area contributed by atoms with E-state index in [0.29, 0.717) is 17.9 Å². The maximum absolute atomic E-state index is 11.0. The standard InChI is InChI=1S/C14H13BrN2O3/c1-20-14-7-6-11(15)8-12(14)16-9-10-4-2-3-5-13(10)17(18)19/h2-8,16H,9H2,1H3. The summed E-state index contributed by atoms with van der Waals surface area (Å²) in [6.45, 7) is 0.351. The van der Waals surface area contributed by atoms with Crippen LogP contribution in [0.3, 0.4) is 0 Å². The molecule has 20 heavy (non-hydrogen) atoms. The molecule has 0 aromatic heterocycles. The molecule has 0 atom stereocenters. The Morgan fingerprint density at radius 3 is 2.75 bits per heavy atom. The van der Waals surface area contributed by atoms with E-state index in [1.54, 1.807) is 25.3 Å². The zero-order valence-corrected chi connectivity index (χ0v) is 12.4. The quantitative estimate of drug-likeness (QED) is 0.662. The smallest absolute Gasteiger partial charge is 0.274 e. The molecule has 0 saturated heterocycles. The predicted molar refractivity (Wildman–Crippen MR) is 81.1 cm³/mol. The van der Waals surface area contributed by atoms with Gasteiger partial charge in [0.15, 0.2) is 0 Å². The number of nitrogens with one attached hydrogen (secondary N) is 1. The number of halogens is 1. The van der Waals surface area contributed by atoms with Crippen molar-refractivity contribution in [3.63, 3.8) is 0 Å². The maximum atomic E-state index is 11.0. The van der Waals surface area contributed by atoms with Gasteiger partial charge in [-0.25, -0.2) is 0 Å². The van der Waals surface area contributed by atoms with Crippen molar-refractivity contribution in [2.75, 3.05) is 12.4 Å². The summed E-state index contributed by atoms with van der Waals surface area (Å²) < 4.78 is 6.16. The molecule has 1 N–H and O–H groups in total. The molecule has 2 aromatic rings. The number of nitrogens with zero attached hydrogens (tertiary/aromatic N) is 1. The van der Waals surface area contributed by atoms with Crippen LogP contribution in [-0.4, -0.2) is 12.0 Å². The summed E-state index contributed by atoms with van der Waals surface area (Å²) in [4.78, 5) is 10.6. The first-order valence-electron chi connectivity index (χ1n) is 5.91. The number of ether oxygens (including phenoxy) is 1. The van der Waals surface area contributed by atoms with Crippen LogP contribution in [0.1, 0.15) is 5.56 Å². The number of para-hydroxylation sites is 1. The van der Waals surface area contributed by atoms with Gasteiger partial charge in [0.25, 0.3) is 5.69 Å². The third kappa shape index (κ3) is 3.27. The van der Waals surface area contributed by atoms with E-state index in [0.717, 1.165) is 10.2 Å². The number of hydrogen-bond acceptors (Lipinski definition) is 4. The molecule has 0 unspecified atom stereocenters. The first-order chi connectivity index (χ1) is 9.61. The molecular formula is C14H13BrN2O3. The van der Waals surface area contributed by atoms with Gasteiger partial charge < -0.3 is 10.1 Å². The molecule has 2 aromatic carbocycles. The Hall–Kier alpha value is -2.08. The fourth-order valence-corrected chi connectivity index (χ4v) is 2.21. The van der Waals surface area contributed by atoms with Gasteiger partial charge in [-0.2, -0.15) is 0 Å². The highest BCUT2D eigenvalue weighted by atomic mass is 79.9. The average Bonchev–Trinajstić information content (AvgIpc) is 2.45. The molecule has 2 rings (SSSR count). The minimum atomic E-state index is -0.380. The van der Waals surface area contributed by atoms with Crippen LogP contribution in [0.25, 0.3) is 0 Å². The molecule has 0 aliphatic heterocycles. The molecule has 0 bridgehead atoms. The molecule has 0 radical (unpaired) electrons. The third-order valence-electron chi connectivity index (χ3n) is 2.82. The van der Waals surface area contributed by atoms with Gasteiger partial charge in [-0.1, -0.05) is 34.1 Å². The second-order valence-corrected chi connectivity index (χ2v) is 5.00. The number of benzene rings is 2. The lowest BCUT2D eigenvalue weighted by atomic mass is 10.1. The van der Waals surface area contributed by atoms with Gasteiger partial charge in [-0.15, -0.1) is 0 Å². The van der Waals surface area contributed by atoms with Gasteiger partial charge >= 0.3 is 0 Å². The van der Waals surface area contributed by atoms with Crippen LogP contribution in [0.4, 0.5) is 11.4 Å². The summed E-state index contributed by atoms with van der Waals surface area (Å²) in [6.07, 6.45) is 0. The lowest BCUT2D eigenvalue weighted by Crippen LogP contribution is -2.04. The first-order valence-corrected chi connectivity index (χ1v) is 6.71. The zero-order valence-electron chi connectivity index (χ0n) is 10.8. The van der Waals surface area contributed by atoms with Crippen molar-refractivity contribution in [2.45, 2.75) is 6.54 Å². The molecule has 6 heteroatoms. The van der Waals surface area contributed by atoms with Crippen LogP contribution in [0.2, 0.25) is 0 Å². The van der Waals surface area contributed by atoms with Crippen molar-refractivity contribution >= 4 is 27.3 Å². The van der Waals surface area contributed by atoms with E-state index in [1.807, 2.05) is 18.2 Å². The van der Waals surface area contributed by atoms with Gasteiger partial charge in [0, 0.05) is 22.6 Å². The summed E-state index contributed by atoms with van der Waals surface area (Å²) in [5, 5.41) is 14.1. The van der Waals surface area contributed by atoms with Crippen LogP contribution in [-0.2, 0) is 6.54 Å². The molecule has 0 amide bonds. The van der Waals surface area contributed by atoms with E-state index in [9.17, 15) is 10.1 Å². The Morgan fingerprint density at radius 1 is 1.30 bits per heavy atom. The molecule has 104 valence electrons. The van der Waals surface area contributed by atoms with E-state index in [-0.39, 0.29) is 10.6 Å². The Labute approximate surface area is 124 Å². The second-order valence-electron chi connectivity index (χ2n) is 4.08. The topological polar surface area (TPSA) is 64.4 Å². The number of nitro groups is 1. The highest BCUT2D eigenvalue weighted by molar-refractivity contribution is 9.10. The van der Waals surface area contributed by atoms with E-state index < -0.39 is 0 Å². The number of hydrogen-bond donors (Lipinski definition) is 1. The van der Waals surface area contributed by atoms with Crippen molar-refractivity contribution in [2.24, 2.45) is 0 Å². The van der Waals surface area contributed by atoms with Crippen LogP contribution >= 0.6 is 15.9 Å². The van der Waals surface area contributed by atoms with Crippen LogP contribution in [0, 0.1) is 10.1 Å². The summed E-state index contributed by atoms with van der Waals surface area (Å²) in [7, 11) is 1.58. The number of anilines is 1. The normalized spacial score (nSPS) is 10.1. The maximum Gasteiger partial charge on any atom is 0.274 e. The van der Waals surface area contributed by atoms with Gasteiger partial charge in [0.05, 0.1) is 17.7 Å². The number of rotatable bonds is 5. The lowest BCUT2D eigenvalue weighted by molar-refractivity contribution is -0.385. The number of nitro benzene ring substituents is 1. The van der Waals surface area contributed by atoms with Crippen LogP contribution in [0.5, 0.6) is 5.75 Å². The monoisotopic (exact) mass is 336 g/mol. The van der Waals surface area contributed by atoms with Crippen molar-refractivity contribution in [1.29, 1.82) is 0 Å². The van der Waals surface area contributed by atoms with Crippen LogP contribution < -0.4 is 10.1 Å². The van der Waals surface area contributed by atoms with Gasteiger partial charge in [-0.05, 0) is 18.2 Å². The first kappa shape index (κ1) is 14.3. The Kier molecular flexibility index (Phi) is 4.57. The summed E-state index contributed by atoms with van der Waals surface area (Å²) in [6, 6.07) is 12.2. The van der Waals surface area contributed by atoms with Crippen molar-refractivity contribution in [3.05, 3.63) is 62.6 Å². The second kappa shape index (κ2) is 6.38. The van der Waals surface area contributed by atoms with E-state index in [4.69, 9.17) is 4.74 Å². The van der Waals surface area contributed by atoms with E-state index >= 15 is 0 Å². The summed E-state index contributed by atoms with van der Waals surface area (Å²) in [5.41, 5.74) is 1.51. The van der Waals surface area contributed by atoms with Crippen LogP contribution in [0.15, 0.2) is 46.9 Å². The highest BCUT2D eigenvalue weighted by Gasteiger charge is 2.12. The molecule has 0 aliphatic carbocycles. The molecule has 0 fully saturated rings. The molecule has 0 saturated carbocycles. The van der Waals surface area contributed by atoms with E-state index in [1.165, 1.54) is 6.07 Å². The number of methoxy groups -OCH3 is 1. The van der Waals surface area contributed by atoms with Crippen molar-refractivity contribution < 1.29 is 9.66 Å². The average molecular weight is 337 g/mol. The zero-order chi connectivity index (χ0) is 14.5. The Morgan fingerprint density at radius 2 is 2.05 bits per heavy atom. The minimum absolute atomic E-state index is 0.106. The summed E-state index contributed by atoms with van der Waals surface area (Å²) >= 11 is 3.39. The minimum Gasteiger partial charge on any atom is -0.495 e. The van der Waals surface area contributed by atoms with Gasteiger partial charge in [0.2, 0.25) is 0 Å². The highest BCUT2D eigenvalue weighted by Crippen LogP contribution is 2.29. The summed E-state index contributed by atoms with van der Waals surface area (Å²) in [5.74, 6) is 0.687. The fourth-order valence-electron chi connectivity index (χ4n) is 1.85. The Balaban J connectivity index is 2.21. The third-order valence-corrected chi connectivity index (χ3v) is 3.31. The molecule has 0 aliphatic rings.